The van der Waals surface area contributed by atoms with Crippen LogP contribution in [0.3, 0.4) is 0 Å². The van der Waals surface area contributed by atoms with E-state index >= 15 is 0 Å². The van der Waals surface area contributed by atoms with Crippen LogP contribution in [-0.2, 0) is 6.54 Å². The van der Waals surface area contributed by atoms with Gasteiger partial charge in [-0.3, -0.25) is 0 Å². The number of hydrogen-bond donors (Lipinski definition) is 1. The van der Waals surface area contributed by atoms with Gasteiger partial charge in [-0.05, 0) is 25.2 Å². The van der Waals surface area contributed by atoms with E-state index < -0.39 is 0 Å². The monoisotopic (exact) mass is 176 g/mol. The Morgan fingerprint density at radius 2 is 2.00 bits per heavy atom. The third-order valence-electron chi connectivity index (χ3n) is 1.95. The topological polar surface area (TPSA) is 27.1 Å². The Morgan fingerprint density at radius 3 is 2.62 bits per heavy atom. The molecule has 0 fully saturated rings. The standard InChI is InChI=1S/C11H16N2/c1-13(9-5-8-12)10-11-6-3-2-4-7-11/h2-4,6-8,12H,5,9-10H2,1H3. The zero-order valence-corrected chi connectivity index (χ0v) is 8.03. The molecule has 0 radical (unpaired) electrons. The van der Waals surface area contributed by atoms with Crippen molar-refractivity contribution in [2.75, 3.05) is 13.6 Å². The molecule has 0 amide bonds. The number of rotatable bonds is 5. The molecular formula is C11H16N2. The smallest absolute Gasteiger partial charge is 0.0230 e. The van der Waals surface area contributed by atoms with Crippen molar-refractivity contribution in [1.29, 1.82) is 5.41 Å². The molecule has 0 unspecified atom stereocenters. The van der Waals surface area contributed by atoms with E-state index in [1.54, 1.807) is 0 Å². The van der Waals surface area contributed by atoms with Crippen LogP contribution in [0.5, 0.6) is 0 Å². The second kappa shape index (κ2) is 5.49. The summed E-state index contributed by atoms with van der Waals surface area (Å²) < 4.78 is 0. The van der Waals surface area contributed by atoms with Gasteiger partial charge in [-0.15, -0.1) is 0 Å². The van der Waals surface area contributed by atoms with Crippen molar-refractivity contribution in [3.05, 3.63) is 35.9 Å². The maximum absolute atomic E-state index is 6.92. The number of nitrogens with zero attached hydrogens (tertiary/aromatic N) is 1. The van der Waals surface area contributed by atoms with E-state index in [-0.39, 0.29) is 0 Å². The van der Waals surface area contributed by atoms with E-state index in [4.69, 9.17) is 5.41 Å². The Morgan fingerprint density at radius 1 is 1.31 bits per heavy atom. The van der Waals surface area contributed by atoms with Gasteiger partial charge in [-0.1, -0.05) is 30.3 Å². The fraction of sp³-hybridized carbons (Fsp3) is 0.364. The first kappa shape index (κ1) is 9.93. The highest BCUT2D eigenvalue weighted by atomic mass is 15.1. The van der Waals surface area contributed by atoms with Crippen molar-refractivity contribution < 1.29 is 0 Å². The minimum Gasteiger partial charge on any atom is -0.313 e. The first-order chi connectivity index (χ1) is 6.33. The molecule has 1 aromatic rings. The molecule has 70 valence electrons. The lowest BCUT2D eigenvalue weighted by atomic mass is 10.2. The van der Waals surface area contributed by atoms with Crippen molar-refractivity contribution >= 4 is 6.21 Å². The van der Waals surface area contributed by atoms with Gasteiger partial charge < -0.3 is 10.3 Å². The molecule has 0 bridgehead atoms. The van der Waals surface area contributed by atoms with Gasteiger partial charge in [0.05, 0.1) is 0 Å². The first-order valence-electron chi connectivity index (χ1n) is 4.54. The molecule has 13 heavy (non-hydrogen) atoms. The summed E-state index contributed by atoms with van der Waals surface area (Å²) in [6, 6.07) is 10.4. The Labute approximate surface area is 79.7 Å². The predicted octanol–water partition coefficient (Wildman–Crippen LogP) is 2.16. The van der Waals surface area contributed by atoms with Crippen LogP contribution in [0.25, 0.3) is 0 Å². The van der Waals surface area contributed by atoms with E-state index in [1.807, 2.05) is 6.07 Å². The molecule has 0 saturated carbocycles. The summed E-state index contributed by atoms with van der Waals surface area (Å²) in [7, 11) is 2.08. The zero-order valence-electron chi connectivity index (χ0n) is 8.03. The fourth-order valence-electron chi connectivity index (χ4n) is 1.26. The highest BCUT2D eigenvalue weighted by Crippen LogP contribution is 2.02. The van der Waals surface area contributed by atoms with Crippen molar-refractivity contribution in [2.45, 2.75) is 13.0 Å². The molecule has 2 heteroatoms. The average Bonchev–Trinajstić information content (AvgIpc) is 2.16. The van der Waals surface area contributed by atoms with Crippen molar-refractivity contribution in [2.24, 2.45) is 0 Å². The quantitative estimate of drug-likeness (QED) is 0.684. The molecule has 1 aromatic carbocycles. The van der Waals surface area contributed by atoms with Gasteiger partial charge >= 0.3 is 0 Å². The van der Waals surface area contributed by atoms with Gasteiger partial charge in [0.25, 0.3) is 0 Å². The van der Waals surface area contributed by atoms with Crippen LogP contribution in [0.1, 0.15) is 12.0 Å². The molecule has 2 nitrogen and oxygen atoms in total. The molecule has 0 spiro atoms. The van der Waals surface area contributed by atoms with Crippen molar-refractivity contribution in [3.8, 4) is 0 Å². The summed E-state index contributed by atoms with van der Waals surface area (Å²) in [5, 5.41) is 6.92. The minimum absolute atomic E-state index is 0.837. The SMILES string of the molecule is CN(CCC=N)Cc1ccccc1. The van der Waals surface area contributed by atoms with Crippen LogP contribution in [0.15, 0.2) is 30.3 Å². The maximum Gasteiger partial charge on any atom is 0.0230 e. The molecule has 0 aromatic heterocycles. The van der Waals surface area contributed by atoms with Gasteiger partial charge in [0.2, 0.25) is 0 Å². The van der Waals surface area contributed by atoms with E-state index in [0.29, 0.717) is 0 Å². The van der Waals surface area contributed by atoms with E-state index in [2.05, 4.69) is 36.2 Å². The third kappa shape index (κ3) is 3.85. The summed E-state index contributed by atoms with van der Waals surface area (Å²) >= 11 is 0. The van der Waals surface area contributed by atoms with Crippen LogP contribution >= 0.6 is 0 Å². The van der Waals surface area contributed by atoms with Gasteiger partial charge in [0, 0.05) is 13.1 Å². The lowest BCUT2D eigenvalue weighted by molar-refractivity contribution is 0.338. The number of nitrogens with one attached hydrogen (secondary N) is 1. The normalized spacial score (nSPS) is 10.3. The number of benzene rings is 1. The Kier molecular flexibility index (Phi) is 4.19. The fourth-order valence-corrected chi connectivity index (χ4v) is 1.26. The van der Waals surface area contributed by atoms with Crippen LogP contribution in [0.2, 0.25) is 0 Å². The van der Waals surface area contributed by atoms with E-state index in [0.717, 1.165) is 19.5 Å². The Hall–Kier alpha value is -1.15. The molecule has 0 saturated heterocycles. The summed E-state index contributed by atoms with van der Waals surface area (Å²) in [5.74, 6) is 0. The third-order valence-corrected chi connectivity index (χ3v) is 1.95. The molecule has 0 aliphatic heterocycles. The molecule has 0 atom stereocenters. The lowest BCUT2D eigenvalue weighted by Gasteiger charge is -2.14. The summed E-state index contributed by atoms with van der Waals surface area (Å²) in [4.78, 5) is 2.22. The second-order valence-corrected chi connectivity index (χ2v) is 3.22. The molecule has 0 aliphatic carbocycles. The minimum atomic E-state index is 0.837. The van der Waals surface area contributed by atoms with Crippen LogP contribution in [-0.4, -0.2) is 24.7 Å². The highest BCUT2D eigenvalue weighted by Gasteiger charge is 1.97. The zero-order chi connectivity index (χ0) is 9.52. The summed E-state index contributed by atoms with van der Waals surface area (Å²) in [6.45, 7) is 1.92. The van der Waals surface area contributed by atoms with Gasteiger partial charge in [0.15, 0.2) is 0 Å². The predicted molar refractivity (Wildman–Crippen MR) is 56.2 cm³/mol. The van der Waals surface area contributed by atoms with Gasteiger partial charge in [-0.2, -0.15) is 0 Å². The Bertz CT molecular complexity index is 244. The summed E-state index contributed by atoms with van der Waals surface area (Å²) in [5.41, 5.74) is 1.33. The van der Waals surface area contributed by atoms with Crippen molar-refractivity contribution in [3.63, 3.8) is 0 Å². The van der Waals surface area contributed by atoms with Gasteiger partial charge in [-0.25, -0.2) is 0 Å². The highest BCUT2D eigenvalue weighted by molar-refractivity contribution is 5.52. The van der Waals surface area contributed by atoms with Crippen LogP contribution < -0.4 is 0 Å². The molecule has 1 N–H and O–H groups in total. The van der Waals surface area contributed by atoms with Crippen LogP contribution in [0, 0.1) is 5.41 Å². The first-order valence-corrected chi connectivity index (χ1v) is 4.54. The van der Waals surface area contributed by atoms with E-state index in [9.17, 15) is 0 Å². The maximum atomic E-state index is 6.92. The Balaban J connectivity index is 2.36. The molecular weight excluding hydrogens is 160 g/mol. The average molecular weight is 176 g/mol. The van der Waals surface area contributed by atoms with Gasteiger partial charge in [0.1, 0.15) is 0 Å². The second-order valence-electron chi connectivity index (χ2n) is 3.22. The molecule has 0 aliphatic rings. The molecule has 0 heterocycles. The summed E-state index contributed by atoms with van der Waals surface area (Å²) in [6.07, 6.45) is 2.30. The van der Waals surface area contributed by atoms with E-state index in [1.165, 1.54) is 11.8 Å². The van der Waals surface area contributed by atoms with Crippen LogP contribution in [0.4, 0.5) is 0 Å². The molecule has 1 rings (SSSR count). The lowest BCUT2D eigenvalue weighted by Crippen LogP contribution is -2.19. The van der Waals surface area contributed by atoms with Crippen molar-refractivity contribution in [1.82, 2.24) is 4.90 Å². The largest absolute Gasteiger partial charge is 0.313 e. The number of hydrogen-bond acceptors (Lipinski definition) is 2.